The number of nitrogens with one attached hydrogen (secondary N) is 1. The third-order valence-corrected chi connectivity index (χ3v) is 6.33. The fourth-order valence-electron chi connectivity index (χ4n) is 3.33. The highest BCUT2D eigenvalue weighted by Crippen LogP contribution is 2.23. The normalized spacial score (nSPS) is 13.4. The third kappa shape index (κ3) is 5.71. The minimum Gasteiger partial charge on any atom is -0.486 e. The van der Waals surface area contributed by atoms with Crippen molar-refractivity contribution >= 4 is 40.6 Å². The summed E-state index contributed by atoms with van der Waals surface area (Å²) in [5.41, 5.74) is 2.00. The van der Waals surface area contributed by atoms with Crippen molar-refractivity contribution in [1.29, 1.82) is 0 Å². The second kappa shape index (κ2) is 10.1. The molecule has 9 heteroatoms. The van der Waals surface area contributed by atoms with Crippen molar-refractivity contribution < 1.29 is 9.53 Å². The Morgan fingerprint density at radius 2 is 1.81 bits per heavy atom. The molecule has 1 fully saturated rings. The number of ether oxygens (including phenoxy) is 1. The number of hydrogen-bond donors (Lipinski definition) is 1. The van der Waals surface area contributed by atoms with E-state index in [-0.39, 0.29) is 18.3 Å². The summed E-state index contributed by atoms with van der Waals surface area (Å²) in [6.07, 6.45) is 2.49. The van der Waals surface area contributed by atoms with Gasteiger partial charge in [-0.1, -0.05) is 23.4 Å². The van der Waals surface area contributed by atoms with Crippen molar-refractivity contribution in [2.45, 2.75) is 24.6 Å². The average Bonchev–Trinajstić information content (AvgIpc) is 3.43. The van der Waals surface area contributed by atoms with Gasteiger partial charge in [-0.05, 0) is 61.4 Å². The van der Waals surface area contributed by atoms with E-state index in [0.29, 0.717) is 21.8 Å². The molecule has 1 saturated heterocycles. The first-order valence-corrected chi connectivity index (χ1v) is 11.5. The van der Waals surface area contributed by atoms with Crippen molar-refractivity contribution in [3.63, 3.8) is 0 Å². The number of rotatable bonds is 8. The predicted molar refractivity (Wildman–Crippen MR) is 124 cm³/mol. The SMILES string of the molecule is Cn1c(COc2ccc(Cl)cc2)nnc1SCC(=O)Nc1ccc(N2CCCC2)cc1. The van der Waals surface area contributed by atoms with Crippen LogP contribution in [0.15, 0.2) is 53.7 Å². The Labute approximate surface area is 190 Å². The molecule has 0 bridgehead atoms. The van der Waals surface area contributed by atoms with Gasteiger partial charge in [-0.3, -0.25) is 4.79 Å². The van der Waals surface area contributed by atoms with Crippen LogP contribution in [0.3, 0.4) is 0 Å². The number of amides is 1. The van der Waals surface area contributed by atoms with E-state index < -0.39 is 0 Å². The number of anilines is 2. The molecular formula is C22H24ClN5O2S. The van der Waals surface area contributed by atoms with Crippen LogP contribution in [0.4, 0.5) is 11.4 Å². The molecule has 0 radical (unpaired) electrons. The molecule has 4 rings (SSSR count). The van der Waals surface area contributed by atoms with Crippen LogP contribution in [0.25, 0.3) is 0 Å². The van der Waals surface area contributed by atoms with Crippen molar-refractivity contribution in [2.75, 3.05) is 29.1 Å². The van der Waals surface area contributed by atoms with Gasteiger partial charge in [-0.25, -0.2) is 0 Å². The quantitative estimate of drug-likeness (QED) is 0.506. The minimum absolute atomic E-state index is 0.0825. The zero-order valence-corrected chi connectivity index (χ0v) is 18.8. The van der Waals surface area contributed by atoms with Crippen molar-refractivity contribution in [1.82, 2.24) is 14.8 Å². The zero-order chi connectivity index (χ0) is 21.6. The first-order chi connectivity index (χ1) is 15.1. The Bertz CT molecular complexity index is 1020. The maximum atomic E-state index is 12.3. The van der Waals surface area contributed by atoms with Gasteiger partial charge in [0.2, 0.25) is 5.91 Å². The topological polar surface area (TPSA) is 72.3 Å². The first kappa shape index (κ1) is 21.5. The lowest BCUT2D eigenvalue weighted by Gasteiger charge is -2.17. The largest absolute Gasteiger partial charge is 0.486 e. The van der Waals surface area contributed by atoms with Crippen LogP contribution in [0.1, 0.15) is 18.7 Å². The van der Waals surface area contributed by atoms with Crippen LogP contribution in [-0.4, -0.2) is 39.5 Å². The van der Waals surface area contributed by atoms with E-state index in [2.05, 4.69) is 32.5 Å². The Morgan fingerprint density at radius 1 is 1.10 bits per heavy atom. The summed E-state index contributed by atoms with van der Waals surface area (Å²) in [5, 5.41) is 12.6. The summed E-state index contributed by atoms with van der Waals surface area (Å²) >= 11 is 7.22. The molecular weight excluding hydrogens is 434 g/mol. The molecule has 2 heterocycles. The number of aromatic nitrogens is 3. The third-order valence-electron chi connectivity index (χ3n) is 5.06. The zero-order valence-electron chi connectivity index (χ0n) is 17.3. The molecule has 0 aliphatic carbocycles. The van der Waals surface area contributed by atoms with E-state index in [1.165, 1.54) is 30.3 Å². The number of benzene rings is 2. The molecule has 0 atom stereocenters. The fourth-order valence-corrected chi connectivity index (χ4v) is 4.19. The summed E-state index contributed by atoms with van der Waals surface area (Å²) < 4.78 is 7.55. The van der Waals surface area contributed by atoms with Gasteiger partial charge < -0.3 is 19.5 Å². The van der Waals surface area contributed by atoms with Gasteiger partial charge in [-0.2, -0.15) is 0 Å². The molecule has 1 N–H and O–H groups in total. The Kier molecular flexibility index (Phi) is 6.99. The number of thioether (sulfide) groups is 1. The molecule has 0 unspecified atom stereocenters. The van der Waals surface area contributed by atoms with Crippen LogP contribution >= 0.6 is 23.4 Å². The summed E-state index contributed by atoms with van der Waals surface area (Å²) in [6, 6.07) is 15.2. The summed E-state index contributed by atoms with van der Waals surface area (Å²) in [4.78, 5) is 14.7. The van der Waals surface area contributed by atoms with Gasteiger partial charge in [-0.15, -0.1) is 10.2 Å². The second-order valence-corrected chi connectivity index (χ2v) is 8.66. The summed E-state index contributed by atoms with van der Waals surface area (Å²) in [5.74, 6) is 1.55. The summed E-state index contributed by atoms with van der Waals surface area (Å²) in [6.45, 7) is 2.49. The molecule has 2 aromatic carbocycles. The molecule has 1 aliphatic rings. The van der Waals surface area contributed by atoms with Crippen molar-refractivity contribution in [2.24, 2.45) is 7.05 Å². The van der Waals surface area contributed by atoms with E-state index in [0.717, 1.165) is 18.8 Å². The molecule has 31 heavy (non-hydrogen) atoms. The van der Waals surface area contributed by atoms with Gasteiger partial charge in [0.15, 0.2) is 11.0 Å². The molecule has 1 aliphatic heterocycles. The molecule has 7 nitrogen and oxygen atoms in total. The number of carbonyl (C=O) groups is 1. The highest BCUT2D eigenvalue weighted by atomic mass is 35.5. The smallest absolute Gasteiger partial charge is 0.234 e. The van der Waals surface area contributed by atoms with Gasteiger partial charge >= 0.3 is 0 Å². The number of hydrogen-bond acceptors (Lipinski definition) is 6. The molecule has 3 aromatic rings. The van der Waals surface area contributed by atoms with Crippen LogP contribution in [0.2, 0.25) is 5.02 Å². The van der Waals surface area contributed by atoms with Crippen LogP contribution in [-0.2, 0) is 18.4 Å². The predicted octanol–water partition coefficient (Wildman–Crippen LogP) is 4.38. The van der Waals surface area contributed by atoms with Crippen molar-refractivity contribution in [3.8, 4) is 5.75 Å². The minimum atomic E-state index is -0.0825. The van der Waals surface area contributed by atoms with E-state index in [4.69, 9.17) is 16.3 Å². The van der Waals surface area contributed by atoms with E-state index in [1.54, 1.807) is 24.3 Å². The Balaban J connectivity index is 1.26. The summed E-state index contributed by atoms with van der Waals surface area (Å²) in [7, 11) is 1.86. The highest BCUT2D eigenvalue weighted by Gasteiger charge is 2.14. The monoisotopic (exact) mass is 457 g/mol. The van der Waals surface area contributed by atoms with Gasteiger partial charge in [0, 0.05) is 36.5 Å². The Morgan fingerprint density at radius 3 is 2.52 bits per heavy atom. The second-order valence-electron chi connectivity index (χ2n) is 7.28. The van der Waals surface area contributed by atoms with Crippen LogP contribution in [0.5, 0.6) is 5.75 Å². The lowest BCUT2D eigenvalue weighted by molar-refractivity contribution is -0.113. The first-order valence-electron chi connectivity index (χ1n) is 10.1. The molecule has 0 spiro atoms. The molecule has 0 saturated carbocycles. The van der Waals surface area contributed by atoms with Crippen molar-refractivity contribution in [3.05, 3.63) is 59.4 Å². The van der Waals surface area contributed by atoms with Gasteiger partial charge in [0.1, 0.15) is 12.4 Å². The van der Waals surface area contributed by atoms with Gasteiger partial charge in [0.05, 0.1) is 5.75 Å². The van der Waals surface area contributed by atoms with Crippen LogP contribution < -0.4 is 15.0 Å². The maximum Gasteiger partial charge on any atom is 0.234 e. The Hall–Kier alpha value is -2.71. The number of carbonyl (C=O) groups excluding carboxylic acids is 1. The van der Waals surface area contributed by atoms with E-state index >= 15 is 0 Å². The standard InChI is InChI=1S/C22H24ClN5O2S/c1-27-20(14-30-19-10-4-16(23)5-11-19)25-26-22(27)31-15-21(29)24-17-6-8-18(9-7-17)28-12-2-3-13-28/h4-11H,2-3,12-15H2,1H3,(H,24,29). The number of nitrogens with zero attached hydrogens (tertiary/aromatic N) is 4. The molecule has 162 valence electrons. The lowest BCUT2D eigenvalue weighted by Crippen LogP contribution is -2.18. The maximum absolute atomic E-state index is 12.3. The van der Waals surface area contributed by atoms with E-state index in [1.807, 2.05) is 23.7 Å². The molecule has 1 amide bonds. The van der Waals surface area contributed by atoms with Gasteiger partial charge in [0.25, 0.3) is 0 Å². The lowest BCUT2D eigenvalue weighted by atomic mass is 10.2. The van der Waals surface area contributed by atoms with Crippen LogP contribution in [0, 0.1) is 0 Å². The van der Waals surface area contributed by atoms with E-state index in [9.17, 15) is 4.79 Å². The molecule has 1 aromatic heterocycles. The average molecular weight is 458 g/mol. The highest BCUT2D eigenvalue weighted by molar-refractivity contribution is 7.99. The number of halogens is 1. The fraction of sp³-hybridized carbons (Fsp3) is 0.318.